The third-order valence-corrected chi connectivity index (χ3v) is 4.05. The number of carbonyl (C=O) groups excluding carboxylic acids is 1. The van der Waals surface area contributed by atoms with Gasteiger partial charge in [-0.2, -0.15) is 0 Å². The molecule has 1 amide bonds. The van der Waals surface area contributed by atoms with Crippen molar-refractivity contribution in [3.8, 4) is 0 Å². The number of amides is 1. The molecule has 2 atom stereocenters. The lowest BCUT2D eigenvalue weighted by Gasteiger charge is -2.36. The van der Waals surface area contributed by atoms with Crippen LogP contribution < -0.4 is 5.73 Å². The highest BCUT2D eigenvalue weighted by Crippen LogP contribution is 2.13. The van der Waals surface area contributed by atoms with Gasteiger partial charge in [0.15, 0.2) is 0 Å². The van der Waals surface area contributed by atoms with Gasteiger partial charge in [-0.25, -0.2) is 0 Å². The van der Waals surface area contributed by atoms with E-state index in [0.717, 1.165) is 45.6 Å². The molecular formula is C14H27N3O2. The highest BCUT2D eigenvalue weighted by atomic mass is 16.5. The van der Waals surface area contributed by atoms with Crippen molar-refractivity contribution in [2.24, 2.45) is 5.73 Å². The fraction of sp³-hybridized carbons (Fsp3) is 0.929. The van der Waals surface area contributed by atoms with E-state index in [1.807, 2.05) is 18.7 Å². The van der Waals surface area contributed by atoms with Crippen molar-refractivity contribution in [3.63, 3.8) is 0 Å². The van der Waals surface area contributed by atoms with Crippen LogP contribution in [0.3, 0.4) is 0 Å². The molecule has 0 aromatic rings. The third-order valence-electron chi connectivity index (χ3n) is 4.05. The van der Waals surface area contributed by atoms with Crippen molar-refractivity contribution in [1.29, 1.82) is 0 Å². The molecule has 0 spiro atoms. The molecule has 2 aliphatic rings. The Morgan fingerprint density at radius 1 is 1.21 bits per heavy atom. The van der Waals surface area contributed by atoms with Gasteiger partial charge in [-0.1, -0.05) is 0 Å². The number of piperidine rings is 1. The lowest BCUT2D eigenvalue weighted by molar-refractivity contribution is -0.143. The Bertz CT molecular complexity index is 293. The molecular weight excluding hydrogens is 242 g/mol. The number of rotatable bonds is 3. The number of carbonyl (C=O) groups is 1. The normalized spacial score (nSPS) is 30.6. The molecule has 2 aliphatic heterocycles. The second-order valence-electron chi connectivity index (χ2n) is 5.99. The summed E-state index contributed by atoms with van der Waals surface area (Å²) in [6.45, 7) is 8.45. The lowest BCUT2D eigenvalue weighted by Crippen LogP contribution is -2.49. The second-order valence-corrected chi connectivity index (χ2v) is 5.99. The van der Waals surface area contributed by atoms with Crippen molar-refractivity contribution >= 4 is 5.91 Å². The van der Waals surface area contributed by atoms with Gasteiger partial charge in [0.1, 0.15) is 0 Å². The van der Waals surface area contributed by atoms with Gasteiger partial charge in [0.25, 0.3) is 0 Å². The largest absolute Gasteiger partial charge is 0.372 e. The summed E-state index contributed by atoms with van der Waals surface area (Å²) in [5.41, 5.74) is 5.88. The van der Waals surface area contributed by atoms with E-state index >= 15 is 0 Å². The van der Waals surface area contributed by atoms with Crippen molar-refractivity contribution in [2.75, 3.05) is 32.7 Å². The van der Waals surface area contributed by atoms with Crippen LogP contribution in [0, 0.1) is 0 Å². The van der Waals surface area contributed by atoms with Gasteiger partial charge < -0.3 is 20.3 Å². The number of nitrogens with zero attached hydrogens (tertiary/aromatic N) is 2. The predicted octanol–water partition coefficient (Wildman–Crippen LogP) is 0.435. The SMILES string of the molecule is CC1CN(C(=O)CCN2CCC(N)CC2)CC(C)O1. The minimum atomic E-state index is 0.153. The average Bonchev–Trinajstić information content (AvgIpc) is 2.36. The highest BCUT2D eigenvalue weighted by Gasteiger charge is 2.26. The molecule has 2 unspecified atom stereocenters. The van der Waals surface area contributed by atoms with E-state index in [4.69, 9.17) is 10.5 Å². The molecule has 2 N–H and O–H groups in total. The maximum Gasteiger partial charge on any atom is 0.224 e. The van der Waals surface area contributed by atoms with Crippen LogP contribution >= 0.6 is 0 Å². The van der Waals surface area contributed by atoms with E-state index in [1.165, 1.54) is 0 Å². The molecule has 0 aromatic carbocycles. The Hall–Kier alpha value is -0.650. The third kappa shape index (κ3) is 4.44. The van der Waals surface area contributed by atoms with E-state index < -0.39 is 0 Å². The number of nitrogens with two attached hydrogens (primary N) is 1. The van der Waals surface area contributed by atoms with E-state index in [2.05, 4.69) is 4.90 Å². The number of ether oxygens (including phenoxy) is 1. The number of hydrogen-bond acceptors (Lipinski definition) is 4. The zero-order valence-electron chi connectivity index (χ0n) is 12.2. The van der Waals surface area contributed by atoms with Crippen LogP contribution in [0.5, 0.6) is 0 Å². The summed E-state index contributed by atoms with van der Waals surface area (Å²) in [4.78, 5) is 16.5. The Labute approximate surface area is 116 Å². The van der Waals surface area contributed by atoms with Crippen LogP contribution in [0.2, 0.25) is 0 Å². The molecule has 110 valence electrons. The van der Waals surface area contributed by atoms with Gasteiger partial charge in [-0.05, 0) is 39.8 Å². The van der Waals surface area contributed by atoms with Crippen LogP contribution in [0.15, 0.2) is 0 Å². The minimum absolute atomic E-state index is 0.153. The molecule has 2 fully saturated rings. The highest BCUT2D eigenvalue weighted by molar-refractivity contribution is 5.76. The number of morpholine rings is 1. The first kappa shape index (κ1) is 14.8. The van der Waals surface area contributed by atoms with Crippen LogP contribution in [0.1, 0.15) is 33.1 Å². The summed E-state index contributed by atoms with van der Waals surface area (Å²) in [7, 11) is 0. The molecule has 0 aromatic heterocycles. The summed E-state index contributed by atoms with van der Waals surface area (Å²) >= 11 is 0. The Morgan fingerprint density at radius 3 is 2.37 bits per heavy atom. The predicted molar refractivity (Wildman–Crippen MR) is 74.9 cm³/mol. The van der Waals surface area contributed by atoms with Crippen LogP contribution in [0.25, 0.3) is 0 Å². The Balaban J connectivity index is 1.72. The minimum Gasteiger partial charge on any atom is -0.372 e. The molecule has 0 radical (unpaired) electrons. The Morgan fingerprint density at radius 2 is 1.79 bits per heavy atom. The van der Waals surface area contributed by atoms with Crippen LogP contribution in [-0.4, -0.2) is 66.7 Å². The van der Waals surface area contributed by atoms with Crippen molar-refractivity contribution in [2.45, 2.75) is 51.4 Å². The zero-order valence-corrected chi connectivity index (χ0v) is 12.2. The summed E-state index contributed by atoms with van der Waals surface area (Å²) in [5.74, 6) is 0.261. The monoisotopic (exact) mass is 269 g/mol. The smallest absolute Gasteiger partial charge is 0.224 e. The van der Waals surface area contributed by atoms with Crippen LogP contribution in [0.4, 0.5) is 0 Å². The van der Waals surface area contributed by atoms with Gasteiger partial charge in [0, 0.05) is 32.1 Å². The Kier molecular flexibility index (Phi) is 5.19. The first-order valence-corrected chi connectivity index (χ1v) is 7.45. The average molecular weight is 269 g/mol. The summed E-state index contributed by atoms with van der Waals surface area (Å²) in [5, 5.41) is 0. The van der Waals surface area contributed by atoms with Gasteiger partial charge in [-0.15, -0.1) is 0 Å². The molecule has 0 bridgehead atoms. The van der Waals surface area contributed by atoms with Gasteiger partial charge in [-0.3, -0.25) is 4.79 Å². The molecule has 2 rings (SSSR count). The maximum absolute atomic E-state index is 12.2. The first-order valence-electron chi connectivity index (χ1n) is 7.45. The molecule has 5 nitrogen and oxygen atoms in total. The van der Waals surface area contributed by atoms with E-state index in [-0.39, 0.29) is 18.1 Å². The topological polar surface area (TPSA) is 58.8 Å². The van der Waals surface area contributed by atoms with Crippen molar-refractivity contribution < 1.29 is 9.53 Å². The molecule has 5 heteroatoms. The molecule has 19 heavy (non-hydrogen) atoms. The van der Waals surface area contributed by atoms with Crippen molar-refractivity contribution in [1.82, 2.24) is 9.80 Å². The van der Waals surface area contributed by atoms with Gasteiger partial charge in [0.2, 0.25) is 5.91 Å². The maximum atomic E-state index is 12.2. The molecule has 0 saturated carbocycles. The van der Waals surface area contributed by atoms with Crippen LogP contribution in [-0.2, 0) is 9.53 Å². The van der Waals surface area contributed by atoms with E-state index in [0.29, 0.717) is 12.5 Å². The lowest BCUT2D eigenvalue weighted by atomic mass is 10.1. The van der Waals surface area contributed by atoms with Crippen molar-refractivity contribution in [3.05, 3.63) is 0 Å². The molecule has 2 heterocycles. The zero-order chi connectivity index (χ0) is 13.8. The second kappa shape index (κ2) is 6.68. The van der Waals surface area contributed by atoms with Gasteiger partial charge in [0.05, 0.1) is 12.2 Å². The molecule has 0 aliphatic carbocycles. The molecule has 2 saturated heterocycles. The fourth-order valence-corrected chi connectivity index (χ4v) is 2.97. The number of likely N-dealkylation sites (tertiary alicyclic amines) is 1. The van der Waals surface area contributed by atoms with E-state index in [1.54, 1.807) is 0 Å². The van der Waals surface area contributed by atoms with Gasteiger partial charge >= 0.3 is 0 Å². The fourth-order valence-electron chi connectivity index (χ4n) is 2.97. The summed E-state index contributed by atoms with van der Waals surface area (Å²) in [6.07, 6.45) is 3.04. The van der Waals surface area contributed by atoms with E-state index in [9.17, 15) is 4.79 Å². The summed E-state index contributed by atoms with van der Waals surface area (Å²) in [6, 6.07) is 0.355. The quantitative estimate of drug-likeness (QED) is 0.807. The summed E-state index contributed by atoms with van der Waals surface area (Å²) < 4.78 is 5.65. The number of hydrogen-bond donors (Lipinski definition) is 1. The first-order chi connectivity index (χ1) is 9.04. The standard InChI is InChI=1S/C14H27N3O2/c1-11-9-17(10-12(2)19-11)14(18)5-8-16-6-3-13(15)4-7-16/h11-13H,3-10,15H2,1-2H3.